The Kier molecular flexibility index (Phi) is 5.38. The van der Waals surface area contributed by atoms with Gasteiger partial charge in [-0.2, -0.15) is 0 Å². The van der Waals surface area contributed by atoms with E-state index in [1.165, 1.54) is 0 Å². The summed E-state index contributed by atoms with van der Waals surface area (Å²) in [5.74, 6) is 0.881. The van der Waals surface area contributed by atoms with Crippen molar-refractivity contribution in [3.05, 3.63) is 47.9 Å². The van der Waals surface area contributed by atoms with E-state index in [9.17, 15) is 4.79 Å². The van der Waals surface area contributed by atoms with Crippen LogP contribution in [0.3, 0.4) is 0 Å². The van der Waals surface area contributed by atoms with E-state index < -0.39 is 0 Å². The number of carbonyl (C=O) groups is 1. The highest BCUT2D eigenvalue weighted by atomic mass is 16.2. The molecule has 2 aliphatic heterocycles. The summed E-state index contributed by atoms with van der Waals surface area (Å²) in [4.78, 5) is 30.0. The van der Waals surface area contributed by atoms with Gasteiger partial charge in [-0.1, -0.05) is 30.3 Å². The number of imidazole rings is 1. The zero-order valence-electron chi connectivity index (χ0n) is 18.7. The molecule has 0 bridgehead atoms. The van der Waals surface area contributed by atoms with Crippen LogP contribution in [0.1, 0.15) is 48.5 Å². The number of hydrogen-bond acceptors (Lipinski definition) is 6. The first kappa shape index (κ1) is 20.6. The van der Waals surface area contributed by atoms with Crippen LogP contribution in [0, 0.1) is 0 Å². The van der Waals surface area contributed by atoms with Crippen molar-refractivity contribution >= 4 is 23.3 Å². The van der Waals surface area contributed by atoms with E-state index in [1.807, 2.05) is 42.3 Å². The minimum Gasteiger partial charge on any atom is -0.374 e. The molecule has 2 unspecified atom stereocenters. The lowest BCUT2D eigenvalue weighted by Crippen LogP contribution is -2.33. The van der Waals surface area contributed by atoms with Gasteiger partial charge in [0.15, 0.2) is 0 Å². The predicted octanol–water partition coefficient (Wildman–Crippen LogP) is 2.79. The lowest BCUT2D eigenvalue weighted by atomic mass is 10.1. The Hall–Kier alpha value is -3.26. The van der Waals surface area contributed by atoms with Crippen LogP contribution in [0.15, 0.2) is 41.5 Å². The summed E-state index contributed by atoms with van der Waals surface area (Å²) < 4.78 is 2.18. The molecule has 1 fully saturated rings. The maximum Gasteiger partial charge on any atom is 0.257 e. The predicted molar refractivity (Wildman–Crippen MR) is 126 cm³/mol. The van der Waals surface area contributed by atoms with E-state index in [1.54, 1.807) is 12.5 Å². The largest absolute Gasteiger partial charge is 0.374 e. The second kappa shape index (κ2) is 8.35. The molecule has 0 aliphatic carbocycles. The topological polar surface area (TPSA) is 87.4 Å². The van der Waals surface area contributed by atoms with E-state index in [4.69, 9.17) is 9.97 Å². The molecule has 2 aliphatic rings. The second-order valence-corrected chi connectivity index (χ2v) is 8.75. The van der Waals surface area contributed by atoms with Gasteiger partial charge in [0.1, 0.15) is 17.4 Å². The van der Waals surface area contributed by atoms with E-state index >= 15 is 0 Å². The smallest absolute Gasteiger partial charge is 0.257 e. The molecule has 5 rings (SSSR count). The zero-order chi connectivity index (χ0) is 22.2. The number of hydrogen-bond donors (Lipinski definition) is 2. The Morgan fingerprint density at radius 1 is 1.25 bits per heavy atom. The minimum atomic E-state index is -0.0863. The van der Waals surface area contributed by atoms with Crippen LogP contribution < -0.4 is 10.6 Å². The maximum atomic E-state index is 13.7. The third-order valence-corrected chi connectivity index (χ3v) is 6.37. The molecule has 1 saturated heterocycles. The molecule has 4 heterocycles. The van der Waals surface area contributed by atoms with Crippen molar-refractivity contribution in [1.29, 1.82) is 0 Å². The Bertz CT molecular complexity index is 1170. The van der Waals surface area contributed by atoms with Gasteiger partial charge in [0.2, 0.25) is 0 Å². The van der Waals surface area contributed by atoms with Gasteiger partial charge in [0.05, 0.1) is 23.1 Å². The fourth-order valence-corrected chi connectivity index (χ4v) is 4.71. The van der Waals surface area contributed by atoms with Crippen molar-refractivity contribution in [2.24, 2.45) is 4.99 Å². The van der Waals surface area contributed by atoms with Crippen LogP contribution in [0.25, 0.3) is 22.3 Å². The van der Waals surface area contributed by atoms with Gasteiger partial charge in [0.25, 0.3) is 5.91 Å². The fraction of sp³-hybridized carbons (Fsp3) is 0.417. The van der Waals surface area contributed by atoms with Gasteiger partial charge in [-0.15, -0.1) is 0 Å². The quantitative estimate of drug-likeness (QED) is 0.649. The first-order valence-electron chi connectivity index (χ1n) is 11.3. The van der Waals surface area contributed by atoms with E-state index in [2.05, 4.69) is 34.0 Å². The minimum absolute atomic E-state index is 0.0151. The van der Waals surface area contributed by atoms with Gasteiger partial charge < -0.3 is 20.1 Å². The molecule has 0 spiro atoms. The number of nitrogens with one attached hydrogen (secondary N) is 2. The molecular weight excluding hydrogens is 402 g/mol. The van der Waals surface area contributed by atoms with Crippen molar-refractivity contribution < 1.29 is 4.79 Å². The summed E-state index contributed by atoms with van der Waals surface area (Å²) >= 11 is 0. The third kappa shape index (κ3) is 3.44. The average molecular weight is 432 g/mol. The van der Waals surface area contributed by atoms with Crippen LogP contribution in [-0.4, -0.2) is 64.4 Å². The van der Waals surface area contributed by atoms with Crippen molar-refractivity contribution in [3.63, 3.8) is 0 Å². The fourth-order valence-electron chi connectivity index (χ4n) is 4.71. The number of carbonyl (C=O) groups excluding carboxylic acids is 1. The summed E-state index contributed by atoms with van der Waals surface area (Å²) in [6.45, 7) is 6.40. The van der Waals surface area contributed by atoms with Gasteiger partial charge in [-0.3, -0.25) is 14.8 Å². The summed E-state index contributed by atoms with van der Waals surface area (Å²) in [6, 6.07) is 10.4. The lowest BCUT2D eigenvalue weighted by Gasteiger charge is -2.20. The molecule has 0 radical (unpaired) electrons. The van der Waals surface area contributed by atoms with Gasteiger partial charge in [-0.05, 0) is 27.3 Å². The van der Waals surface area contributed by atoms with Gasteiger partial charge in [0, 0.05) is 43.5 Å². The molecule has 166 valence electrons. The molecule has 2 atom stereocenters. The van der Waals surface area contributed by atoms with E-state index in [0.717, 1.165) is 41.1 Å². The Morgan fingerprint density at radius 3 is 2.72 bits per heavy atom. The highest BCUT2D eigenvalue weighted by Gasteiger charge is 2.32. The Morgan fingerprint density at radius 2 is 2.06 bits per heavy atom. The molecule has 8 heteroatoms. The molecule has 32 heavy (non-hydrogen) atoms. The highest BCUT2D eigenvalue weighted by Crippen LogP contribution is 2.35. The zero-order valence-corrected chi connectivity index (χ0v) is 18.7. The molecule has 1 aromatic carbocycles. The number of aliphatic imine (C=N–C) groups is 1. The van der Waals surface area contributed by atoms with Crippen LogP contribution in [0.5, 0.6) is 0 Å². The van der Waals surface area contributed by atoms with Crippen LogP contribution in [0.2, 0.25) is 0 Å². The van der Waals surface area contributed by atoms with E-state index in [0.29, 0.717) is 24.7 Å². The number of amides is 1. The number of rotatable bonds is 5. The molecule has 0 saturated carbocycles. The van der Waals surface area contributed by atoms with Crippen molar-refractivity contribution in [3.8, 4) is 11.3 Å². The molecule has 2 aromatic heterocycles. The van der Waals surface area contributed by atoms with Gasteiger partial charge in [-0.25, -0.2) is 4.98 Å². The summed E-state index contributed by atoms with van der Waals surface area (Å²) in [6.07, 6.45) is 4.43. The number of pyridine rings is 1. The molecule has 2 N–H and O–H groups in total. The summed E-state index contributed by atoms with van der Waals surface area (Å²) in [5, 5.41) is 6.47. The SMILES string of the molecule is CNC1CCN(C(=O)c2cnc(-c3ccccc3)c3nc(C4CNC=N4)n(C(C)C)c23)C1. The number of nitrogens with zero attached hydrogens (tertiary/aromatic N) is 5. The number of likely N-dealkylation sites (tertiary alicyclic amines) is 1. The lowest BCUT2D eigenvalue weighted by molar-refractivity contribution is 0.0791. The van der Waals surface area contributed by atoms with E-state index in [-0.39, 0.29) is 18.0 Å². The normalized spacial score (nSPS) is 20.4. The molecule has 1 amide bonds. The van der Waals surface area contributed by atoms with Crippen LogP contribution in [-0.2, 0) is 0 Å². The number of benzene rings is 1. The van der Waals surface area contributed by atoms with Gasteiger partial charge >= 0.3 is 0 Å². The molecular formula is C24H29N7O. The highest BCUT2D eigenvalue weighted by molar-refractivity contribution is 6.07. The number of aromatic nitrogens is 3. The maximum absolute atomic E-state index is 13.7. The van der Waals surface area contributed by atoms with Crippen LogP contribution in [0.4, 0.5) is 0 Å². The van der Waals surface area contributed by atoms with Crippen molar-refractivity contribution in [1.82, 2.24) is 30.1 Å². The Balaban J connectivity index is 1.72. The summed E-state index contributed by atoms with van der Waals surface area (Å²) in [7, 11) is 1.95. The second-order valence-electron chi connectivity index (χ2n) is 8.75. The van der Waals surface area contributed by atoms with Crippen LogP contribution >= 0.6 is 0 Å². The first-order chi connectivity index (χ1) is 15.6. The molecule has 8 nitrogen and oxygen atoms in total. The Labute approximate surface area is 187 Å². The van der Waals surface area contributed by atoms with Crippen molar-refractivity contribution in [2.75, 3.05) is 26.7 Å². The first-order valence-corrected chi connectivity index (χ1v) is 11.3. The standard InChI is InChI=1S/C24H29N7O/c1-15(2)31-22-18(24(32)30-10-9-17(13-30)25-3)11-27-20(16-7-5-4-6-8-16)21(22)29-23(31)19-12-26-14-28-19/h4-8,11,14-15,17,19,25H,9-10,12-13H2,1-3H3,(H,26,28). The van der Waals surface area contributed by atoms with Crippen molar-refractivity contribution in [2.45, 2.75) is 38.4 Å². The monoisotopic (exact) mass is 431 g/mol. The average Bonchev–Trinajstić information content (AvgIpc) is 3.57. The summed E-state index contributed by atoms with van der Waals surface area (Å²) in [5.41, 5.74) is 4.00. The number of fused-ring (bicyclic) bond motifs is 1. The molecule has 3 aromatic rings. The third-order valence-electron chi connectivity index (χ3n) is 6.37. The number of likely N-dealkylation sites (N-methyl/N-ethyl adjacent to an activating group) is 1.